The zero-order valence-electron chi connectivity index (χ0n) is 12.0. The maximum atomic E-state index is 10.6. The molecule has 0 saturated carbocycles. The number of carboxylic acid groups (broad SMARTS) is 1. The molecule has 0 aliphatic carbocycles. The van der Waals surface area contributed by atoms with Gasteiger partial charge in [0.15, 0.2) is 0 Å². The maximum Gasteiger partial charge on any atom is 0.329 e. The van der Waals surface area contributed by atoms with Crippen molar-refractivity contribution in [2.75, 3.05) is 19.7 Å². The lowest BCUT2D eigenvalue weighted by atomic mass is 9.92. The molecule has 1 aromatic rings. The zero-order valence-corrected chi connectivity index (χ0v) is 12.0. The van der Waals surface area contributed by atoms with E-state index >= 15 is 0 Å². The first-order chi connectivity index (χ1) is 9.81. The highest BCUT2D eigenvalue weighted by Crippen LogP contribution is 2.33. The van der Waals surface area contributed by atoms with Crippen molar-refractivity contribution in [2.45, 2.75) is 25.5 Å². The second-order valence-corrected chi connectivity index (χ2v) is 5.56. The molecule has 1 atom stereocenters. The number of likely N-dealkylation sites (tertiary alicyclic amines) is 1. The molecule has 7 nitrogen and oxygen atoms in total. The molecule has 1 unspecified atom stereocenters. The predicted octanol–water partition coefficient (Wildman–Crippen LogP) is 1.83. The molecule has 1 saturated heterocycles. The number of nitro groups is 1. The number of carbonyl (C=O) groups is 1. The number of aliphatic carboxylic acids is 1. The second kappa shape index (κ2) is 5.79. The third-order valence-corrected chi connectivity index (χ3v) is 3.75. The minimum absolute atomic E-state index is 0.0733. The average molecular weight is 294 g/mol. The van der Waals surface area contributed by atoms with E-state index in [4.69, 9.17) is 9.84 Å². The Morgan fingerprint density at radius 3 is 2.52 bits per heavy atom. The number of nitro benzene ring substituents is 1. The lowest BCUT2D eigenvalue weighted by molar-refractivity contribution is -0.384. The molecule has 1 N–H and O–H groups in total. The van der Waals surface area contributed by atoms with Crippen molar-refractivity contribution in [3.8, 4) is 0 Å². The van der Waals surface area contributed by atoms with Gasteiger partial charge in [-0.2, -0.15) is 0 Å². The van der Waals surface area contributed by atoms with Crippen LogP contribution in [-0.2, 0) is 9.53 Å². The number of non-ortho nitro benzene ring substituents is 1. The van der Waals surface area contributed by atoms with E-state index in [0.29, 0.717) is 13.1 Å². The van der Waals surface area contributed by atoms with Crippen molar-refractivity contribution in [2.24, 2.45) is 0 Å². The van der Waals surface area contributed by atoms with Crippen molar-refractivity contribution < 1.29 is 19.6 Å². The van der Waals surface area contributed by atoms with E-state index < -0.39 is 16.5 Å². The van der Waals surface area contributed by atoms with E-state index in [2.05, 4.69) is 4.90 Å². The van der Waals surface area contributed by atoms with Crippen LogP contribution in [0, 0.1) is 10.1 Å². The topological polar surface area (TPSA) is 92.9 Å². The van der Waals surface area contributed by atoms with E-state index in [9.17, 15) is 14.9 Å². The summed E-state index contributed by atoms with van der Waals surface area (Å²) in [5.74, 6) is -0.974. The molecule has 1 aromatic carbocycles. The lowest BCUT2D eigenvalue weighted by Gasteiger charge is -2.50. The Balaban J connectivity index is 1.92. The van der Waals surface area contributed by atoms with Gasteiger partial charge < -0.3 is 9.84 Å². The van der Waals surface area contributed by atoms with Gasteiger partial charge in [-0.05, 0) is 19.4 Å². The molecule has 1 fully saturated rings. The minimum Gasteiger partial charge on any atom is -0.480 e. The number of carboxylic acids is 1. The van der Waals surface area contributed by atoms with Gasteiger partial charge >= 0.3 is 5.97 Å². The average Bonchev–Trinajstić information content (AvgIpc) is 2.41. The van der Waals surface area contributed by atoms with Crippen LogP contribution >= 0.6 is 0 Å². The summed E-state index contributed by atoms with van der Waals surface area (Å²) in [6, 6.07) is 6.58. The molecular weight excluding hydrogens is 276 g/mol. The van der Waals surface area contributed by atoms with Crippen LogP contribution in [0.4, 0.5) is 5.69 Å². The quantitative estimate of drug-likeness (QED) is 0.635. The molecule has 0 spiro atoms. The Kier molecular flexibility index (Phi) is 4.24. The van der Waals surface area contributed by atoms with Gasteiger partial charge in [-0.1, -0.05) is 12.1 Å². The summed E-state index contributed by atoms with van der Waals surface area (Å²) in [6.45, 7) is 4.88. The molecule has 114 valence electrons. The van der Waals surface area contributed by atoms with E-state index in [1.807, 2.05) is 13.8 Å². The molecule has 21 heavy (non-hydrogen) atoms. The number of hydrogen-bond acceptors (Lipinski definition) is 5. The van der Waals surface area contributed by atoms with Crippen molar-refractivity contribution >= 4 is 11.7 Å². The Morgan fingerprint density at radius 2 is 2.05 bits per heavy atom. The van der Waals surface area contributed by atoms with Crippen LogP contribution in [0.5, 0.6) is 0 Å². The Labute approximate surface area is 122 Å². The van der Waals surface area contributed by atoms with Gasteiger partial charge in [0, 0.05) is 31.3 Å². The number of ether oxygens (including phenoxy) is 1. The molecule has 0 bridgehead atoms. The smallest absolute Gasteiger partial charge is 0.329 e. The maximum absolute atomic E-state index is 10.6. The highest BCUT2D eigenvalue weighted by molar-refractivity contribution is 5.68. The summed E-state index contributed by atoms with van der Waals surface area (Å²) in [4.78, 5) is 22.9. The van der Waals surface area contributed by atoms with Crippen LogP contribution in [0.1, 0.15) is 25.5 Å². The third-order valence-electron chi connectivity index (χ3n) is 3.75. The Bertz CT molecular complexity index is 537. The van der Waals surface area contributed by atoms with E-state index in [1.165, 1.54) is 12.1 Å². The van der Waals surface area contributed by atoms with Crippen LogP contribution in [0.2, 0.25) is 0 Å². The summed E-state index contributed by atoms with van der Waals surface area (Å²) in [5, 5.41) is 19.3. The van der Waals surface area contributed by atoms with Gasteiger partial charge in [0.1, 0.15) is 6.61 Å². The summed E-state index contributed by atoms with van der Waals surface area (Å²) >= 11 is 0. The van der Waals surface area contributed by atoms with Gasteiger partial charge in [-0.15, -0.1) is 0 Å². The van der Waals surface area contributed by atoms with E-state index in [1.54, 1.807) is 12.1 Å². The number of hydrogen-bond donors (Lipinski definition) is 1. The fourth-order valence-corrected chi connectivity index (χ4v) is 2.50. The largest absolute Gasteiger partial charge is 0.480 e. The van der Waals surface area contributed by atoms with Crippen molar-refractivity contribution in [1.29, 1.82) is 0 Å². The first-order valence-electron chi connectivity index (χ1n) is 6.65. The fourth-order valence-electron chi connectivity index (χ4n) is 2.50. The fraction of sp³-hybridized carbons (Fsp3) is 0.500. The highest BCUT2D eigenvalue weighted by Gasteiger charge is 2.42. The molecule has 0 amide bonds. The highest BCUT2D eigenvalue weighted by atomic mass is 16.6. The molecule has 0 radical (unpaired) electrons. The van der Waals surface area contributed by atoms with Crippen LogP contribution in [0.25, 0.3) is 0 Å². The summed E-state index contributed by atoms with van der Waals surface area (Å²) < 4.78 is 5.36. The van der Waals surface area contributed by atoms with E-state index in [0.717, 1.165) is 5.56 Å². The lowest BCUT2D eigenvalue weighted by Crippen LogP contribution is -2.62. The predicted molar refractivity (Wildman–Crippen MR) is 75.1 cm³/mol. The van der Waals surface area contributed by atoms with Gasteiger partial charge in [-0.25, -0.2) is 4.79 Å². The van der Waals surface area contributed by atoms with Crippen LogP contribution in [0.3, 0.4) is 0 Å². The van der Waals surface area contributed by atoms with Crippen molar-refractivity contribution in [3.63, 3.8) is 0 Å². The Morgan fingerprint density at radius 1 is 1.48 bits per heavy atom. The van der Waals surface area contributed by atoms with Gasteiger partial charge in [0.2, 0.25) is 0 Å². The number of benzene rings is 1. The van der Waals surface area contributed by atoms with E-state index in [-0.39, 0.29) is 18.3 Å². The standard InChI is InChI=1S/C14H18N2O5/c1-10(11-3-5-12(6-4-11)16(19)20)15-8-14(2,9-15)21-7-13(17)18/h3-6,10H,7-9H2,1-2H3,(H,17,18). The number of rotatable bonds is 6. The van der Waals surface area contributed by atoms with Gasteiger partial charge in [0.25, 0.3) is 5.69 Å². The molecule has 7 heteroatoms. The molecule has 1 heterocycles. The molecule has 2 rings (SSSR count). The molecule has 0 aromatic heterocycles. The van der Waals surface area contributed by atoms with Crippen LogP contribution in [0.15, 0.2) is 24.3 Å². The first-order valence-corrected chi connectivity index (χ1v) is 6.65. The van der Waals surface area contributed by atoms with Crippen LogP contribution in [-0.4, -0.2) is 46.2 Å². The molecular formula is C14H18N2O5. The Hall–Kier alpha value is -1.99. The van der Waals surface area contributed by atoms with Crippen molar-refractivity contribution in [1.82, 2.24) is 4.90 Å². The first kappa shape index (κ1) is 15.4. The minimum atomic E-state index is -0.974. The van der Waals surface area contributed by atoms with Crippen LogP contribution < -0.4 is 0 Å². The van der Waals surface area contributed by atoms with Crippen molar-refractivity contribution in [3.05, 3.63) is 39.9 Å². The summed E-state index contributed by atoms with van der Waals surface area (Å²) in [6.07, 6.45) is 0. The third kappa shape index (κ3) is 3.56. The zero-order chi connectivity index (χ0) is 15.6. The monoisotopic (exact) mass is 294 g/mol. The molecule has 1 aliphatic rings. The van der Waals surface area contributed by atoms with Gasteiger partial charge in [0.05, 0.1) is 10.5 Å². The summed E-state index contributed by atoms with van der Waals surface area (Å²) in [5.41, 5.74) is 0.623. The normalized spacial score (nSPS) is 18.8. The second-order valence-electron chi connectivity index (χ2n) is 5.56. The summed E-state index contributed by atoms with van der Waals surface area (Å²) in [7, 11) is 0. The molecule has 1 aliphatic heterocycles. The SMILES string of the molecule is CC(c1ccc([N+](=O)[O-])cc1)N1CC(C)(OCC(=O)O)C1. The van der Waals surface area contributed by atoms with Gasteiger partial charge in [-0.3, -0.25) is 15.0 Å². The number of nitrogens with zero attached hydrogens (tertiary/aromatic N) is 2.